The Balaban J connectivity index is 1.64. The van der Waals surface area contributed by atoms with Gasteiger partial charge in [0.25, 0.3) is 5.91 Å². The minimum absolute atomic E-state index is 0.251. The van der Waals surface area contributed by atoms with Crippen molar-refractivity contribution >= 4 is 52.3 Å². The first-order valence-electron chi connectivity index (χ1n) is 10.7. The Labute approximate surface area is 211 Å². The molecule has 1 unspecified atom stereocenters. The van der Waals surface area contributed by atoms with E-state index in [4.69, 9.17) is 16.3 Å². The Hall–Kier alpha value is -3.22. The van der Waals surface area contributed by atoms with Gasteiger partial charge in [-0.05, 0) is 19.2 Å². The molecule has 0 fully saturated rings. The average Bonchev–Trinajstić information content (AvgIpc) is 3.25. The largest absolute Gasteiger partial charge is 0.495 e. The summed E-state index contributed by atoms with van der Waals surface area (Å²) >= 11 is 7.19. The molecule has 1 aromatic heterocycles. The quantitative estimate of drug-likeness (QED) is 0.457. The van der Waals surface area contributed by atoms with Gasteiger partial charge in [0.2, 0.25) is 5.91 Å². The van der Waals surface area contributed by atoms with Crippen molar-refractivity contribution in [1.29, 1.82) is 0 Å². The van der Waals surface area contributed by atoms with Crippen molar-refractivity contribution in [3.63, 3.8) is 0 Å². The number of carbonyl (C=O) groups is 4. The van der Waals surface area contributed by atoms with E-state index in [1.54, 1.807) is 0 Å². The van der Waals surface area contributed by atoms with Gasteiger partial charge < -0.3 is 30.5 Å². The Bertz CT molecular complexity index is 1140. The summed E-state index contributed by atoms with van der Waals surface area (Å²) in [6, 6.07) is 3.43. The molecule has 3 rings (SSSR count). The number of halogens is 1. The lowest BCUT2D eigenvalue weighted by atomic mass is 10.2. The van der Waals surface area contributed by atoms with Crippen molar-refractivity contribution in [2.24, 2.45) is 0 Å². The van der Waals surface area contributed by atoms with Gasteiger partial charge in [-0.3, -0.25) is 19.2 Å². The van der Waals surface area contributed by atoms with Crippen LogP contribution in [0.25, 0.3) is 0 Å². The Morgan fingerprint density at radius 2 is 2.00 bits per heavy atom. The van der Waals surface area contributed by atoms with Gasteiger partial charge in [-0.15, -0.1) is 11.3 Å². The summed E-state index contributed by atoms with van der Waals surface area (Å²) in [6.45, 7) is 1.28. The number of nitrogens with one attached hydrogen (secondary N) is 3. The fourth-order valence-electron chi connectivity index (χ4n) is 3.37. The summed E-state index contributed by atoms with van der Waals surface area (Å²) in [5.74, 6) is -2.63. The number of thiazole rings is 1. The Morgan fingerprint density at radius 3 is 2.69 bits per heavy atom. The first-order chi connectivity index (χ1) is 16.6. The molecular formula is C22H27ClN6O5S. The summed E-state index contributed by atoms with van der Waals surface area (Å²) in [5.41, 5.74) is 1.14. The number of benzene rings is 1. The molecule has 0 saturated heterocycles. The molecule has 0 radical (unpaired) electrons. The van der Waals surface area contributed by atoms with E-state index in [2.05, 4.69) is 25.8 Å². The van der Waals surface area contributed by atoms with Crippen LogP contribution in [0.5, 0.6) is 5.75 Å². The number of carbonyl (C=O) groups excluding carboxylic acids is 4. The molecule has 188 valence electrons. The fourth-order valence-corrected chi connectivity index (χ4v) is 4.63. The summed E-state index contributed by atoms with van der Waals surface area (Å²) in [5, 5.41) is 8.11. The highest BCUT2D eigenvalue weighted by Crippen LogP contribution is 2.27. The van der Waals surface area contributed by atoms with E-state index in [-0.39, 0.29) is 23.0 Å². The number of hydrogen-bond acceptors (Lipinski definition) is 8. The average molecular weight is 523 g/mol. The molecule has 1 aliphatic rings. The minimum atomic E-state index is -1.09. The van der Waals surface area contributed by atoms with Gasteiger partial charge in [0.05, 0.1) is 18.5 Å². The second-order valence-electron chi connectivity index (χ2n) is 8.14. The molecule has 0 bridgehead atoms. The molecule has 1 atom stereocenters. The molecule has 0 aliphatic carbocycles. The molecule has 1 aliphatic heterocycles. The van der Waals surface area contributed by atoms with Crippen LogP contribution in [0, 0.1) is 0 Å². The lowest BCUT2D eigenvalue weighted by Gasteiger charge is -2.21. The second kappa shape index (κ2) is 11.5. The highest BCUT2D eigenvalue weighted by Gasteiger charge is 2.28. The maximum Gasteiger partial charge on any atom is 0.313 e. The zero-order valence-corrected chi connectivity index (χ0v) is 21.4. The molecular weight excluding hydrogens is 496 g/mol. The number of hydrogen-bond donors (Lipinski definition) is 3. The molecule has 35 heavy (non-hydrogen) atoms. The van der Waals surface area contributed by atoms with Crippen LogP contribution in [0.15, 0.2) is 18.2 Å². The number of rotatable bonds is 7. The third-order valence-corrected chi connectivity index (χ3v) is 6.56. The van der Waals surface area contributed by atoms with Gasteiger partial charge in [-0.2, -0.15) is 0 Å². The van der Waals surface area contributed by atoms with Crippen molar-refractivity contribution in [3.8, 4) is 5.75 Å². The van der Waals surface area contributed by atoms with E-state index in [1.165, 1.54) is 55.6 Å². The molecule has 1 aromatic carbocycles. The Morgan fingerprint density at radius 1 is 1.26 bits per heavy atom. The number of amides is 4. The van der Waals surface area contributed by atoms with E-state index < -0.39 is 29.7 Å². The number of aromatic nitrogens is 1. The van der Waals surface area contributed by atoms with E-state index in [1.807, 2.05) is 7.05 Å². The normalized spacial score (nSPS) is 13.9. The third kappa shape index (κ3) is 6.68. The SMILES string of the molecule is COc1cc(Cl)ccc1NC(=O)C(=O)NCC(NC(=O)c1nc2c(s1)CN(C)CC2)C(=O)N(C)C. The maximum atomic E-state index is 12.8. The number of nitrogens with zero attached hydrogens (tertiary/aromatic N) is 3. The summed E-state index contributed by atoms with van der Waals surface area (Å²) < 4.78 is 5.15. The molecule has 0 spiro atoms. The monoisotopic (exact) mass is 522 g/mol. The summed E-state index contributed by atoms with van der Waals surface area (Å²) in [6.07, 6.45) is 0.749. The first kappa shape index (κ1) is 26.4. The van der Waals surface area contributed by atoms with Crippen molar-refractivity contribution in [2.75, 3.05) is 46.7 Å². The lowest BCUT2D eigenvalue weighted by molar-refractivity contribution is -0.136. The molecule has 2 heterocycles. The topological polar surface area (TPSA) is 133 Å². The predicted molar refractivity (Wildman–Crippen MR) is 132 cm³/mol. The number of ether oxygens (including phenoxy) is 1. The highest BCUT2D eigenvalue weighted by atomic mass is 35.5. The second-order valence-corrected chi connectivity index (χ2v) is 9.66. The maximum absolute atomic E-state index is 12.8. The van der Waals surface area contributed by atoms with Crippen LogP contribution in [-0.2, 0) is 27.3 Å². The molecule has 11 nitrogen and oxygen atoms in total. The smallest absolute Gasteiger partial charge is 0.313 e. The van der Waals surface area contributed by atoms with E-state index in [9.17, 15) is 19.2 Å². The molecule has 13 heteroatoms. The van der Waals surface area contributed by atoms with Gasteiger partial charge in [0.15, 0.2) is 5.01 Å². The van der Waals surface area contributed by atoms with Crippen molar-refractivity contribution < 1.29 is 23.9 Å². The van der Waals surface area contributed by atoms with E-state index in [0.717, 1.165) is 23.5 Å². The van der Waals surface area contributed by atoms with Gasteiger partial charge in [0, 0.05) is 56.1 Å². The zero-order valence-electron chi connectivity index (χ0n) is 19.8. The van der Waals surface area contributed by atoms with Crippen LogP contribution in [0.2, 0.25) is 5.02 Å². The van der Waals surface area contributed by atoms with Gasteiger partial charge in [-0.1, -0.05) is 11.6 Å². The van der Waals surface area contributed by atoms with Crippen molar-refractivity contribution in [3.05, 3.63) is 38.8 Å². The van der Waals surface area contributed by atoms with Crippen molar-refractivity contribution in [2.45, 2.75) is 19.0 Å². The molecule has 2 aromatic rings. The molecule has 3 N–H and O–H groups in total. The fraction of sp³-hybridized carbons (Fsp3) is 0.409. The summed E-state index contributed by atoms with van der Waals surface area (Å²) in [4.78, 5) is 59.1. The van der Waals surface area contributed by atoms with E-state index >= 15 is 0 Å². The Kier molecular flexibility index (Phi) is 8.65. The highest BCUT2D eigenvalue weighted by molar-refractivity contribution is 7.13. The standard InChI is InChI=1S/C22H27ClN6O5S/c1-28(2)22(33)15(26-20(32)21-27-14-7-8-29(3)11-17(14)35-21)10-24-18(30)19(31)25-13-6-5-12(23)9-16(13)34-4/h5-6,9,15H,7-8,10-11H2,1-4H3,(H,24,30)(H,25,31)(H,26,32). The van der Waals surface area contributed by atoms with E-state index in [0.29, 0.717) is 11.6 Å². The molecule has 4 amide bonds. The molecule has 0 saturated carbocycles. The third-order valence-electron chi connectivity index (χ3n) is 5.25. The van der Waals surface area contributed by atoms with Gasteiger partial charge in [0.1, 0.15) is 11.8 Å². The van der Waals surface area contributed by atoms with Crippen LogP contribution >= 0.6 is 22.9 Å². The first-order valence-corrected chi connectivity index (χ1v) is 11.9. The van der Waals surface area contributed by atoms with Gasteiger partial charge in [-0.25, -0.2) is 4.98 Å². The van der Waals surface area contributed by atoms with Crippen LogP contribution in [0.4, 0.5) is 5.69 Å². The number of likely N-dealkylation sites (N-methyl/N-ethyl adjacent to an activating group) is 2. The minimum Gasteiger partial charge on any atom is -0.495 e. The van der Waals surface area contributed by atoms with Crippen LogP contribution < -0.4 is 20.7 Å². The van der Waals surface area contributed by atoms with Crippen LogP contribution in [-0.4, -0.2) is 85.8 Å². The summed E-state index contributed by atoms with van der Waals surface area (Å²) in [7, 11) is 6.45. The van der Waals surface area contributed by atoms with Crippen LogP contribution in [0.3, 0.4) is 0 Å². The van der Waals surface area contributed by atoms with Gasteiger partial charge >= 0.3 is 11.8 Å². The van der Waals surface area contributed by atoms with Crippen molar-refractivity contribution in [1.82, 2.24) is 25.4 Å². The number of anilines is 1. The lowest BCUT2D eigenvalue weighted by Crippen LogP contribution is -2.53. The zero-order chi connectivity index (χ0) is 25.7. The van der Waals surface area contributed by atoms with Crippen LogP contribution in [0.1, 0.15) is 20.4 Å². The number of fused-ring (bicyclic) bond motifs is 1. The predicted octanol–water partition coefficient (Wildman–Crippen LogP) is 0.735. The number of methoxy groups -OCH3 is 1.